The van der Waals surface area contributed by atoms with Crippen LogP contribution in [0.3, 0.4) is 0 Å². The number of carbonyl (C=O) groups is 3. The van der Waals surface area contributed by atoms with Crippen LogP contribution in [0.2, 0.25) is 0 Å². The number of nitrogens with zero attached hydrogens (tertiary/aromatic N) is 1. The van der Waals surface area contributed by atoms with E-state index in [0.29, 0.717) is 5.69 Å². The van der Waals surface area contributed by atoms with Gasteiger partial charge in [0.1, 0.15) is 0 Å². The summed E-state index contributed by atoms with van der Waals surface area (Å²) in [6, 6.07) is 1.30. The number of hydrogen-bond acceptors (Lipinski definition) is 4. The third-order valence-electron chi connectivity index (χ3n) is 1.79. The van der Waals surface area contributed by atoms with E-state index in [4.69, 9.17) is 0 Å². The van der Waals surface area contributed by atoms with Crippen LogP contribution in [-0.2, 0) is 9.59 Å². The molecule has 7 heteroatoms. The van der Waals surface area contributed by atoms with E-state index in [0.717, 1.165) is 0 Å². The van der Waals surface area contributed by atoms with Gasteiger partial charge in [-0.05, 0) is 26.8 Å². The first-order valence-corrected chi connectivity index (χ1v) is 5.08. The highest BCUT2D eigenvalue weighted by atomic mass is 16.2. The molecule has 0 unspecified atom stereocenters. The van der Waals surface area contributed by atoms with E-state index in [1.165, 1.54) is 6.07 Å². The van der Waals surface area contributed by atoms with Crippen molar-refractivity contribution >= 4 is 17.7 Å². The maximum Gasteiger partial charge on any atom is 0.316 e. The van der Waals surface area contributed by atoms with Crippen molar-refractivity contribution in [2.45, 2.75) is 26.8 Å². The van der Waals surface area contributed by atoms with Crippen molar-refractivity contribution in [1.82, 2.24) is 20.8 Å². The minimum atomic E-state index is -0.996. The van der Waals surface area contributed by atoms with Crippen LogP contribution in [0.4, 0.5) is 0 Å². The molecule has 17 heavy (non-hydrogen) atoms. The zero-order valence-corrected chi connectivity index (χ0v) is 9.83. The van der Waals surface area contributed by atoms with Gasteiger partial charge in [0.25, 0.3) is 5.91 Å². The van der Waals surface area contributed by atoms with Crippen LogP contribution < -0.4 is 10.6 Å². The Morgan fingerprint density at radius 3 is 2.41 bits per heavy atom. The average molecular weight is 238 g/mol. The van der Waals surface area contributed by atoms with Gasteiger partial charge in [0.15, 0.2) is 5.69 Å². The molecule has 0 aliphatic heterocycles. The standard InChI is InChI=1S/C10H14N4O3/c1-5(2)11-9(16)10(17)12-8(15)7-4-6(3)13-14-7/h4-5H,1-3H3,(H,11,16)(H,13,14)(H,12,15,17). The van der Waals surface area contributed by atoms with E-state index in [-0.39, 0.29) is 11.7 Å². The molecule has 0 atom stereocenters. The topological polar surface area (TPSA) is 104 Å². The van der Waals surface area contributed by atoms with Gasteiger partial charge in [-0.1, -0.05) is 0 Å². The van der Waals surface area contributed by atoms with Crippen molar-refractivity contribution in [3.8, 4) is 0 Å². The van der Waals surface area contributed by atoms with Crippen molar-refractivity contribution in [3.05, 3.63) is 17.5 Å². The number of carbonyl (C=O) groups excluding carboxylic acids is 3. The number of aryl methyl sites for hydroxylation is 1. The van der Waals surface area contributed by atoms with Crippen LogP contribution in [-0.4, -0.2) is 34.0 Å². The molecule has 0 spiro atoms. The predicted octanol–water partition coefficient (Wildman–Crippen LogP) is -0.501. The molecule has 3 amide bonds. The number of hydrogen-bond donors (Lipinski definition) is 3. The van der Waals surface area contributed by atoms with Gasteiger partial charge < -0.3 is 5.32 Å². The highest BCUT2D eigenvalue weighted by Gasteiger charge is 2.19. The number of imide groups is 1. The summed E-state index contributed by atoms with van der Waals surface area (Å²) in [5.74, 6) is -2.55. The summed E-state index contributed by atoms with van der Waals surface area (Å²) in [6.45, 7) is 5.14. The lowest BCUT2D eigenvalue weighted by Gasteiger charge is -2.06. The van der Waals surface area contributed by atoms with Gasteiger partial charge in [0.05, 0.1) is 0 Å². The fraction of sp³-hybridized carbons (Fsp3) is 0.400. The fourth-order valence-electron chi connectivity index (χ4n) is 1.09. The molecule has 0 saturated carbocycles. The normalized spacial score (nSPS) is 10.1. The van der Waals surface area contributed by atoms with Crippen LogP contribution in [0, 0.1) is 6.92 Å². The molecule has 0 radical (unpaired) electrons. The smallest absolute Gasteiger partial charge is 0.316 e. The summed E-state index contributed by atoms with van der Waals surface area (Å²) in [7, 11) is 0. The Hall–Kier alpha value is -2.18. The van der Waals surface area contributed by atoms with Gasteiger partial charge in [-0.3, -0.25) is 24.8 Å². The highest BCUT2D eigenvalue weighted by Crippen LogP contribution is 1.96. The minimum Gasteiger partial charge on any atom is -0.346 e. The first kappa shape index (κ1) is 12.9. The minimum absolute atomic E-state index is 0.0631. The monoisotopic (exact) mass is 238 g/mol. The van der Waals surface area contributed by atoms with E-state index in [1.54, 1.807) is 20.8 Å². The lowest BCUT2D eigenvalue weighted by Crippen LogP contribution is -2.44. The Labute approximate surface area is 98.0 Å². The number of amides is 3. The van der Waals surface area contributed by atoms with Crippen LogP contribution in [0.25, 0.3) is 0 Å². The van der Waals surface area contributed by atoms with Crippen molar-refractivity contribution in [3.63, 3.8) is 0 Å². The Morgan fingerprint density at radius 1 is 1.29 bits per heavy atom. The van der Waals surface area contributed by atoms with Gasteiger partial charge in [-0.2, -0.15) is 5.10 Å². The second kappa shape index (κ2) is 5.24. The molecule has 0 bridgehead atoms. The van der Waals surface area contributed by atoms with Crippen molar-refractivity contribution < 1.29 is 14.4 Å². The second-order valence-electron chi connectivity index (χ2n) is 3.85. The molecule has 3 N–H and O–H groups in total. The van der Waals surface area contributed by atoms with Crippen LogP contribution in [0.1, 0.15) is 30.0 Å². The molecule has 0 aliphatic carbocycles. The van der Waals surface area contributed by atoms with Gasteiger partial charge in [0, 0.05) is 11.7 Å². The maximum atomic E-state index is 11.5. The Balaban J connectivity index is 2.57. The molecule has 1 aromatic rings. The highest BCUT2D eigenvalue weighted by molar-refractivity contribution is 6.38. The molecule has 0 saturated heterocycles. The molecular formula is C10H14N4O3. The third kappa shape index (κ3) is 3.71. The second-order valence-corrected chi connectivity index (χ2v) is 3.85. The fourth-order valence-corrected chi connectivity index (χ4v) is 1.09. The number of rotatable bonds is 2. The molecular weight excluding hydrogens is 224 g/mol. The number of aromatic amines is 1. The van der Waals surface area contributed by atoms with Crippen LogP contribution in [0.15, 0.2) is 6.07 Å². The largest absolute Gasteiger partial charge is 0.346 e. The lowest BCUT2D eigenvalue weighted by atomic mass is 10.3. The van der Waals surface area contributed by atoms with Gasteiger partial charge in [-0.25, -0.2) is 0 Å². The first-order chi connectivity index (χ1) is 7.90. The zero-order chi connectivity index (χ0) is 13.0. The van der Waals surface area contributed by atoms with E-state index in [1.807, 2.05) is 5.32 Å². The molecule has 7 nitrogen and oxygen atoms in total. The molecule has 1 heterocycles. The van der Waals surface area contributed by atoms with Crippen LogP contribution in [0.5, 0.6) is 0 Å². The SMILES string of the molecule is Cc1cc(C(=O)NC(=O)C(=O)NC(C)C)n[nH]1. The van der Waals surface area contributed by atoms with E-state index in [2.05, 4.69) is 15.5 Å². The maximum absolute atomic E-state index is 11.5. The summed E-state index contributed by atoms with van der Waals surface area (Å²) in [4.78, 5) is 34.0. The van der Waals surface area contributed by atoms with Crippen molar-refractivity contribution in [1.29, 1.82) is 0 Å². The third-order valence-corrected chi connectivity index (χ3v) is 1.79. The Kier molecular flexibility index (Phi) is 3.97. The summed E-state index contributed by atoms with van der Waals surface area (Å²) in [6.07, 6.45) is 0. The van der Waals surface area contributed by atoms with Gasteiger partial charge >= 0.3 is 11.8 Å². The van der Waals surface area contributed by atoms with Gasteiger partial charge in [-0.15, -0.1) is 0 Å². The van der Waals surface area contributed by atoms with Crippen molar-refractivity contribution in [2.24, 2.45) is 0 Å². The summed E-state index contributed by atoms with van der Waals surface area (Å²) in [5.41, 5.74) is 0.752. The molecule has 1 aromatic heterocycles. The number of nitrogens with one attached hydrogen (secondary N) is 3. The zero-order valence-electron chi connectivity index (χ0n) is 9.83. The Bertz CT molecular complexity index is 450. The van der Waals surface area contributed by atoms with Gasteiger partial charge in [0.2, 0.25) is 0 Å². The number of H-pyrrole nitrogens is 1. The molecule has 92 valence electrons. The summed E-state index contributed by atoms with van der Waals surface area (Å²) in [5, 5.41) is 10.5. The van der Waals surface area contributed by atoms with E-state index >= 15 is 0 Å². The molecule has 0 aromatic carbocycles. The lowest BCUT2D eigenvalue weighted by molar-refractivity contribution is -0.138. The quantitative estimate of drug-likeness (QED) is 0.604. The molecule has 1 rings (SSSR count). The van der Waals surface area contributed by atoms with E-state index < -0.39 is 17.7 Å². The molecule has 0 aliphatic rings. The van der Waals surface area contributed by atoms with Crippen LogP contribution >= 0.6 is 0 Å². The summed E-state index contributed by atoms with van der Waals surface area (Å²) < 4.78 is 0. The first-order valence-electron chi connectivity index (χ1n) is 5.08. The summed E-state index contributed by atoms with van der Waals surface area (Å²) >= 11 is 0. The predicted molar refractivity (Wildman–Crippen MR) is 59.1 cm³/mol. The Morgan fingerprint density at radius 2 is 1.94 bits per heavy atom. The average Bonchev–Trinajstić information content (AvgIpc) is 2.63. The van der Waals surface area contributed by atoms with Crippen molar-refractivity contribution in [2.75, 3.05) is 0 Å². The molecule has 0 fully saturated rings. The van der Waals surface area contributed by atoms with E-state index in [9.17, 15) is 14.4 Å². The number of aromatic nitrogens is 2.